The zero-order valence-electron chi connectivity index (χ0n) is 7.18. The third-order valence-corrected chi connectivity index (χ3v) is 2.76. The van der Waals surface area contributed by atoms with Crippen LogP contribution >= 0.6 is 11.8 Å². The van der Waals surface area contributed by atoms with Gasteiger partial charge in [0.2, 0.25) is 0 Å². The van der Waals surface area contributed by atoms with Crippen molar-refractivity contribution >= 4 is 11.8 Å². The van der Waals surface area contributed by atoms with Crippen molar-refractivity contribution in [3.05, 3.63) is 0 Å². The monoisotopic (exact) mass is 162 g/mol. The summed E-state index contributed by atoms with van der Waals surface area (Å²) in [5, 5.41) is 9.00. The molecule has 0 aromatic carbocycles. The highest BCUT2D eigenvalue weighted by Gasteiger charge is 2.19. The normalized spacial score (nSPS) is 16.8. The molecule has 0 aliphatic heterocycles. The van der Waals surface area contributed by atoms with E-state index >= 15 is 0 Å². The molecule has 0 spiro atoms. The van der Waals surface area contributed by atoms with Crippen LogP contribution in [-0.4, -0.2) is 23.7 Å². The van der Waals surface area contributed by atoms with Gasteiger partial charge in [0.25, 0.3) is 0 Å². The van der Waals surface area contributed by atoms with E-state index in [9.17, 15) is 0 Å². The van der Waals surface area contributed by atoms with Crippen molar-refractivity contribution in [1.29, 1.82) is 0 Å². The summed E-state index contributed by atoms with van der Waals surface area (Å²) in [5.41, 5.74) is 0.170. The quantitative estimate of drug-likeness (QED) is 0.668. The molecule has 1 unspecified atom stereocenters. The van der Waals surface area contributed by atoms with Crippen LogP contribution in [0.5, 0.6) is 0 Å². The molecule has 0 aliphatic rings. The highest BCUT2D eigenvalue weighted by Crippen LogP contribution is 2.25. The summed E-state index contributed by atoms with van der Waals surface area (Å²) in [6, 6.07) is 0. The van der Waals surface area contributed by atoms with Crippen LogP contribution in [0.15, 0.2) is 0 Å². The zero-order valence-corrected chi connectivity index (χ0v) is 8.00. The Morgan fingerprint density at radius 3 is 2.40 bits per heavy atom. The van der Waals surface area contributed by atoms with Gasteiger partial charge in [0.15, 0.2) is 0 Å². The molecule has 0 aromatic heterocycles. The highest BCUT2D eigenvalue weighted by atomic mass is 32.2. The lowest BCUT2D eigenvalue weighted by molar-refractivity contribution is 0.135. The van der Waals surface area contributed by atoms with Crippen molar-refractivity contribution in [2.75, 3.05) is 18.6 Å². The second kappa shape index (κ2) is 5.03. The van der Waals surface area contributed by atoms with Crippen LogP contribution < -0.4 is 0 Å². The predicted molar refractivity (Wildman–Crippen MR) is 48.5 cm³/mol. The Morgan fingerprint density at radius 2 is 2.10 bits per heavy atom. The third-order valence-electron chi connectivity index (χ3n) is 2.15. The molecule has 0 aliphatic carbocycles. The number of hydrogen-bond donors (Lipinski definition) is 1. The van der Waals surface area contributed by atoms with Crippen molar-refractivity contribution in [2.45, 2.75) is 26.7 Å². The van der Waals surface area contributed by atoms with Crippen molar-refractivity contribution in [3.63, 3.8) is 0 Å². The molecule has 0 fully saturated rings. The first-order chi connectivity index (χ1) is 4.68. The van der Waals surface area contributed by atoms with Gasteiger partial charge < -0.3 is 5.11 Å². The summed E-state index contributed by atoms with van der Waals surface area (Å²) in [4.78, 5) is 0. The SMILES string of the molecule is CCC(C)(CO)CCSC. The van der Waals surface area contributed by atoms with Crippen LogP contribution in [-0.2, 0) is 0 Å². The molecule has 2 heteroatoms. The minimum Gasteiger partial charge on any atom is -0.396 e. The number of aliphatic hydroxyl groups is 1. The highest BCUT2D eigenvalue weighted by molar-refractivity contribution is 7.98. The summed E-state index contributed by atoms with van der Waals surface area (Å²) >= 11 is 1.85. The minimum absolute atomic E-state index is 0.170. The topological polar surface area (TPSA) is 20.2 Å². The number of thioether (sulfide) groups is 1. The minimum atomic E-state index is 0.170. The lowest BCUT2D eigenvalue weighted by atomic mass is 9.86. The van der Waals surface area contributed by atoms with Gasteiger partial charge in [-0.25, -0.2) is 0 Å². The molecule has 0 bridgehead atoms. The molecular weight excluding hydrogens is 144 g/mol. The summed E-state index contributed by atoms with van der Waals surface area (Å²) in [5.74, 6) is 1.16. The molecule has 0 heterocycles. The Balaban J connectivity index is 3.58. The van der Waals surface area contributed by atoms with E-state index in [0.29, 0.717) is 6.61 Å². The predicted octanol–water partition coefficient (Wildman–Crippen LogP) is 2.15. The lowest BCUT2D eigenvalue weighted by Gasteiger charge is -2.24. The molecule has 10 heavy (non-hydrogen) atoms. The van der Waals surface area contributed by atoms with E-state index in [-0.39, 0.29) is 5.41 Å². The van der Waals surface area contributed by atoms with E-state index in [4.69, 9.17) is 5.11 Å². The van der Waals surface area contributed by atoms with Crippen LogP contribution in [0.3, 0.4) is 0 Å². The van der Waals surface area contributed by atoms with Crippen LogP contribution in [0.25, 0.3) is 0 Å². The first-order valence-electron chi connectivity index (χ1n) is 3.78. The fourth-order valence-corrected chi connectivity index (χ4v) is 1.41. The number of rotatable bonds is 5. The van der Waals surface area contributed by atoms with E-state index in [1.165, 1.54) is 0 Å². The van der Waals surface area contributed by atoms with Gasteiger partial charge in [-0.2, -0.15) is 11.8 Å². The van der Waals surface area contributed by atoms with E-state index in [2.05, 4.69) is 20.1 Å². The summed E-state index contributed by atoms with van der Waals surface area (Å²) < 4.78 is 0. The molecule has 1 nitrogen and oxygen atoms in total. The maximum absolute atomic E-state index is 9.00. The number of aliphatic hydroxyl groups excluding tert-OH is 1. The Bertz CT molecular complexity index is 79.3. The Labute approximate surface area is 68.2 Å². The second-order valence-electron chi connectivity index (χ2n) is 3.07. The fraction of sp³-hybridized carbons (Fsp3) is 1.00. The largest absolute Gasteiger partial charge is 0.396 e. The summed E-state index contributed by atoms with van der Waals surface area (Å²) in [6.45, 7) is 4.60. The molecule has 62 valence electrons. The van der Waals surface area contributed by atoms with Crippen molar-refractivity contribution in [2.24, 2.45) is 5.41 Å². The van der Waals surface area contributed by atoms with Gasteiger partial charge in [-0.1, -0.05) is 13.8 Å². The average Bonchev–Trinajstić information content (AvgIpc) is 2.00. The van der Waals surface area contributed by atoms with Gasteiger partial charge in [0, 0.05) is 6.61 Å². The van der Waals surface area contributed by atoms with Gasteiger partial charge in [0.05, 0.1) is 0 Å². The van der Waals surface area contributed by atoms with E-state index < -0.39 is 0 Å². The summed E-state index contributed by atoms with van der Waals surface area (Å²) in [7, 11) is 0. The first kappa shape index (κ1) is 10.3. The maximum Gasteiger partial charge on any atom is 0.0484 e. The molecule has 1 N–H and O–H groups in total. The molecule has 0 amide bonds. The van der Waals surface area contributed by atoms with E-state index in [1.807, 2.05) is 11.8 Å². The Kier molecular flexibility index (Phi) is 5.18. The Morgan fingerprint density at radius 1 is 1.50 bits per heavy atom. The zero-order chi connectivity index (χ0) is 8.04. The average molecular weight is 162 g/mol. The maximum atomic E-state index is 9.00. The Hall–Kier alpha value is 0.310. The lowest BCUT2D eigenvalue weighted by Crippen LogP contribution is -2.20. The fourth-order valence-electron chi connectivity index (χ4n) is 0.716. The molecule has 0 saturated carbocycles. The van der Waals surface area contributed by atoms with Crippen molar-refractivity contribution in [3.8, 4) is 0 Å². The van der Waals surface area contributed by atoms with Gasteiger partial charge in [-0.05, 0) is 30.3 Å². The van der Waals surface area contributed by atoms with Crippen LogP contribution in [0.1, 0.15) is 26.7 Å². The van der Waals surface area contributed by atoms with Crippen molar-refractivity contribution in [1.82, 2.24) is 0 Å². The first-order valence-corrected chi connectivity index (χ1v) is 5.17. The van der Waals surface area contributed by atoms with Gasteiger partial charge in [-0.15, -0.1) is 0 Å². The standard InChI is InChI=1S/C8H18OS/c1-4-8(2,7-9)5-6-10-3/h9H,4-7H2,1-3H3. The van der Waals surface area contributed by atoms with E-state index in [0.717, 1.165) is 18.6 Å². The molecule has 0 aromatic rings. The summed E-state index contributed by atoms with van der Waals surface area (Å²) in [6.07, 6.45) is 4.30. The van der Waals surface area contributed by atoms with Gasteiger partial charge in [-0.3, -0.25) is 0 Å². The smallest absolute Gasteiger partial charge is 0.0484 e. The molecule has 1 atom stereocenters. The molecule has 0 saturated heterocycles. The molecule has 0 radical (unpaired) electrons. The van der Waals surface area contributed by atoms with Gasteiger partial charge >= 0.3 is 0 Å². The van der Waals surface area contributed by atoms with Gasteiger partial charge in [0.1, 0.15) is 0 Å². The second-order valence-corrected chi connectivity index (χ2v) is 4.05. The molecule has 0 rings (SSSR count). The third kappa shape index (κ3) is 3.47. The van der Waals surface area contributed by atoms with Crippen molar-refractivity contribution < 1.29 is 5.11 Å². The van der Waals surface area contributed by atoms with Crippen LogP contribution in [0.4, 0.5) is 0 Å². The van der Waals surface area contributed by atoms with Crippen LogP contribution in [0.2, 0.25) is 0 Å². The van der Waals surface area contributed by atoms with E-state index in [1.54, 1.807) is 0 Å². The molecular formula is C8H18OS. The van der Waals surface area contributed by atoms with Crippen LogP contribution in [0, 0.1) is 5.41 Å². The number of hydrogen-bond acceptors (Lipinski definition) is 2.